The minimum Gasteiger partial charge on any atom is -0.315 e. The van der Waals surface area contributed by atoms with E-state index in [2.05, 4.69) is 17.2 Å². The monoisotopic (exact) mass is 114 g/mol. The van der Waals surface area contributed by atoms with E-state index in [1.54, 1.807) is 0 Å². The summed E-state index contributed by atoms with van der Waals surface area (Å²) in [6.07, 6.45) is 1.83. The zero-order chi connectivity index (χ0) is 6.24. The zero-order valence-electron chi connectivity index (χ0n) is 5.65. The van der Waals surface area contributed by atoms with Gasteiger partial charge in [0.25, 0.3) is 0 Å². The van der Waals surface area contributed by atoms with E-state index in [1.807, 2.05) is 13.1 Å². The van der Waals surface area contributed by atoms with Crippen molar-refractivity contribution in [2.75, 3.05) is 19.6 Å². The van der Waals surface area contributed by atoms with E-state index in [4.69, 9.17) is 0 Å². The zero-order valence-corrected chi connectivity index (χ0v) is 5.65. The highest BCUT2D eigenvalue weighted by Gasteiger charge is 1.75. The van der Waals surface area contributed by atoms with Gasteiger partial charge in [-0.2, -0.15) is 0 Å². The lowest BCUT2D eigenvalue weighted by Gasteiger charge is -1.93. The van der Waals surface area contributed by atoms with Crippen molar-refractivity contribution in [1.29, 1.82) is 0 Å². The van der Waals surface area contributed by atoms with Crippen LogP contribution in [0.25, 0.3) is 0 Å². The van der Waals surface area contributed by atoms with E-state index in [0.717, 1.165) is 19.6 Å². The second-order valence-electron chi connectivity index (χ2n) is 1.52. The summed E-state index contributed by atoms with van der Waals surface area (Å²) in [6.45, 7) is 6.98. The molecule has 0 aliphatic heterocycles. The van der Waals surface area contributed by atoms with Crippen LogP contribution in [0.2, 0.25) is 0 Å². The van der Waals surface area contributed by atoms with Gasteiger partial charge >= 0.3 is 0 Å². The molecule has 0 radical (unpaired) electrons. The summed E-state index contributed by atoms with van der Waals surface area (Å²) < 4.78 is 0. The van der Waals surface area contributed by atoms with Gasteiger partial charge in [-0.1, -0.05) is 6.92 Å². The summed E-state index contributed by atoms with van der Waals surface area (Å²) in [5.41, 5.74) is 0. The first-order valence-corrected chi connectivity index (χ1v) is 3.07. The number of aliphatic imine (C=N–C) groups is 1. The third-order valence-corrected chi connectivity index (χ3v) is 0.850. The minimum absolute atomic E-state index is 0.907. The van der Waals surface area contributed by atoms with Crippen LogP contribution in [0, 0.1) is 0 Å². The molecule has 0 aliphatic carbocycles. The fourth-order valence-corrected chi connectivity index (χ4v) is 0.449. The second-order valence-corrected chi connectivity index (χ2v) is 1.52. The average Bonchev–Trinajstić information content (AvgIpc) is 1.81. The van der Waals surface area contributed by atoms with Crippen molar-refractivity contribution in [3.8, 4) is 0 Å². The minimum atomic E-state index is 0.907. The van der Waals surface area contributed by atoms with Gasteiger partial charge < -0.3 is 5.32 Å². The second kappa shape index (κ2) is 6.63. The van der Waals surface area contributed by atoms with Crippen LogP contribution in [0.1, 0.15) is 13.8 Å². The smallest absolute Gasteiger partial charge is 0.0510 e. The Kier molecular flexibility index (Phi) is 6.32. The molecular weight excluding hydrogens is 100 g/mol. The molecule has 0 bridgehead atoms. The molecule has 0 unspecified atom stereocenters. The van der Waals surface area contributed by atoms with Crippen LogP contribution in [0.15, 0.2) is 4.99 Å². The standard InChI is InChI=1S/C6H14N2/c1-3-7-5-6-8-4-2/h3,8H,4-6H2,1-2H3. The number of likely N-dealkylation sites (N-methyl/N-ethyl adjacent to an activating group) is 1. The van der Waals surface area contributed by atoms with Gasteiger partial charge in [0.1, 0.15) is 0 Å². The predicted octanol–water partition coefficient (Wildman–Crippen LogP) is 0.687. The quantitative estimate of drug-likeness (QED) is 0.422. The van der Waals surface area contributed by atoms with Crippen molar-refractivity contribution in [3.63, 3.8) is 0 Å². The van der Waals surface area contributed by atoms with Gasteiger partial charge in [0, 0.05) is 6.54 Å². The summed E-state index contributed by atoms with van der Waals surface area (Å²) in [6, 6.07) is 0. The first kappa shape index (κ1) is 7.63. The Balaban J connectivity index is 2.72. The van der Waals surface area contributed by atoms with Crippen molar-refractivity contribution in [1.82, 2.24) is 5.32 Å². The molecule has 0 saturated heterocycles. The Morgan fingerprint density at radius 3 is 2.88 bits per heavy atom. The summed E-state index contributed by atoms with van der Waals surface area (Å²) in [5, 5.41) is 3.17. The molecule has 0 amide bonds. The molecule has 1 N–H and O–H groups in total. The van der Waals surface area contributed by atoms with Crippen LogP contribution in [0.5, 0.6) is 0 Å². The normalized spacial score (nSPS) is 10.8. The third kappa shape index (κ3) is 5.63. The predicted molar refractivity (Wildman–Crippen MR) is 37.6 cm³/mol. The Hall–Kier alpha value is -0.370. The Morgan fingerprint density at radius 2 is 2.38 bits per heavy atom. The lowest BCUT2D eigenvalue weighted by Crippen LogP contribution is -2.16. The molecular formula is C6H14N2. The highest BCUT2D eigenvalue weighted by atomic mass is 14.9. The van der Waals surface area contributed by atoms with Gasteiger partial charge in [0.2, 0.25) is 0 Å². The van der Waals surface area contributed by atoms with E-state index in [0.29, 0.717) is 0 Å². The molecule has 0 rings (SSSR count). The maximum Gasteiger partial charge on any atom is 0.0510 e. The van der Waals surface area contributed by atoms with Crippen LogP contribution >= 0.6 is 0 Å². The van der Waals surface area contributed by atoms with E-state index in [9.17, 15) is 0 Å². The van der Waals surface area contributed by atoms with E-state index < -0.39 is 0 Å². The summed E-state index contributed by atoms with van der Waals surface area (Å²) in [7, 11) is 0. The van der Waals surface area contributed by atoms with Crippen molar-refractivity contribution in [3.05, 3.63) is 0 Å². The highest BCUT2D eigenvalue weighted by Crippen LogP contribution is 1.63. The fourth-order valence-electron chi connectivity index (χ4n) is 0.449. The molecule has 2 nitrogen and oxygen atoms in total. The molecule has 0 saturated carbocycles. The van der Waals surface area contributed by atoms with Crippen LogP contribution in [-0.4, -0.2) is 25.8 Å². The number of rotatable bonds is 4. The lowest BCUT2D eigenvalue weighted by atomic mass is 10.6. The highest BCUT2D eigenvalue weighted by molar-refractivity contribution is 5.53. The Labute approximate surface area is 51.0 Å². The number of hydrogen-bond acceptors (Lipinski definition) is 2. The van der Waals surface area contributed by atoms with Crippen molar-refractivity contribution in [2.45, 2.75) is 13.8 Å². The molecule has 0 spiro atoms. The van der Waals surface area contributed by atoms with E-state index in [-0.39, 0.29) is 0 Å². The summed E-state index contributed by atoms with van der Waals surface area (Å²) in [4.78, 5) is 4.02. The SMILES string of the molecule is CC=NCCNCC. The average molecular weight is 114 g/mol. The Bertz CT molecular complexity index is 59.5. The number of nitrogens with one attached hydrogen (secondary N) is 1. The molecule has 0 aromatic heterocycles. The van der Waals surface area contributed by atoms with Crippen molar-refractivity contribution >= 4 is 6.21 Å². The number of hydrogen-bond donors (Lipinski definition) is 1. The summed E-state index contributed by atoms with van der Waals surface area (Å²) in [5.74, 6) is 0. The Morgan fingerprint density at radius 1 is 1.62 bits per heavy atom. The first-order chi connectivity index (χ1) is 3.91. The van der Waals surface area contributed by atoms with Crippen LogP contribution in [0.4, 0.5) is 0 Å². The molecule has 0 heterocycles. The van der Waals surface area contributed by atoms with E-state index >= 15 is 0 Å². The molecule has 0 atom stereocenters. The van der Waals surface area contributed by atoms with Crippen molar-refractivity contribution in [2.24, 2.45) is 4.99 Å². The summed E-state index contributed by atoms with van der Waals surface area (Å²) >= 11 is 0. The molecule has 0 aromatic carbocycles. The van der Waals surface area contributed by atoms with Gasteiger partial charge in [-0.15, -0.1) is 0 Å². The van der Waals surface area contributed by atoms with E-state index in [1.165, 1.54) is 0 Å². The molecule has 0 aromatic rings. The van der Waals surface area contributed by atoms with Crippen LogP contribution in [-0.2, 0) is 0 Å². The van der Waals surface area contributed by atoms with Gasteiger partial charge in [-0.25, -0.2) is 0 Å². The lowest BCUT2D eigenvalue weighted by molar-refractivity contribution is 0.726. The topological polar surface area (TPSA) is 24.4 Å². The number of nitrogens with zero attached hydrogens (tertiary/aromatic N) is 1. The van der Waals surface area contributed by atoms with Crippen LogP contribution in [0.3, 0.4) is 0 Å². The van der Waals surface area contributed by atoms with Gasteiger partial charge in [-0.05, 0) is 19.7 Å². The maximum absolute atomic E-state index is 4.02. The molecule has 48 valence electrons. The molecule has 8 heavy (non-hydrogen) atoms. The fraction of sp³-hybridized carbons (Fsp3) is 0.833. The maximum atomic E-state index is 4.02. The molecule has 2 heteroatoms. The molecule has 0 aliphatic rings. The van der Waals surface area contributed by atoms with Gasteiger partial charge in [-0.3, -0.25) is 4.99 Å². The van der Waals surface area contributed by atoms with Crippen molar-refractivity contribution < 1.29 is 0 Å². The van der Waals surface area contributed by atoms with Gasteiger partial charge in [0.05, 0.1) is 6.54 Å². The first-order valence-electron chi connectivity index (χ1n) is 3.07. The largest absolute Gasteiger partial charge is 0.315 e. The van der Waals surface area contributed by atoms with Crippen LogP contribution < -0.4 is 5.32 Å². The molecule has 0 fully saturated rings. The third-order valence-electron chi connectivity index (χ3n) is 0.850. The van der Waals surface area contributed by atoms with Gasteiger partial charge in [0.15, 0.2) is 0 Å².